The van der Waals surface area contributed by atoms with Gasteiger partial charge in [0.15, 0.2) is 0 Å². The van der Waals surface area contributed by atoms with E-state index >= 15 is 0 Å². The van der Waals surface area contributed by atoms with Crippen molar-refractivity contribution in [3.63, 3.8) is 0 Å². The summed E-state index contributed by atoms with van der Waals surface area (Å²) in [5.41, 5.74) is 4.72. The van der Waals surface area contributed by atoms with Crippen molar-refractivity contribution in [1.29, 1.82) is 0 Å². The number of piperidine rings is 1. The van der Waals surface area contributed by atoms with Gasteiger partial charge < -0.3 is 9.42 Å². The lowest BCUT2D eigenvalue weighted by atomic mass is 9.92. The smallest absolute Gasteiger partial charge is 0.293 e. The molecule has 0 radical (unpaired) electrons. The van der Waals surface area contributed by atoms with Crippen molar-refractivity contribution in [2.75, 3.05) is 6.54 Å². The maximum atomic E-state index is 13.4. The molecule has 1 aliphatic rings. The lowest BCUT2D eigenvalue weighted by Gasteiger charge is -2.35. The van der Waals surface area contributed by atoms with Crippen molar-refractivity contribution >= 4 is 5.91 Å². The average Bonchev–Trinajstić information content (AvgIpc) is 3.24. The predicted molar refractivity (Wildman–Crippen MR) is 113 cm³/mol. The zero-order chi connectivity index (χ0) is 21.3. The highest BCUT2D eigenvalue weighted by Crippen LogP contribution is 2.37. The molecule has 4 heterocycles. The number of nitrogens with zero attached hydrogens (tertiary/aromatic N) is 5. The van der Waals surface area contributed by atoms with Gasteiger partial charge in [0.1, 0.15) is 5.82 Å². The largest absolute Gasteiger partial charge is 0.351 e. The zero-order valence-corrected chi connectivity index (χ0v) is 17.9. The summed E-state index contributed by atoms with van der Waals surface area (Å²) in [4.78, 5) is 28.7. The van der Waals surface area contributed by atoms with Gasteiger partial charge in [-0.25, -0.2) is 9.97 Å². The third-order valence-electron chi connectivity index (χ3n) is 5.66. The minimum atomic E-state index is -0.136. The number of carbonyl (C=O) groups excluding carboxylic acids is 1. The van der Waals surface area contributed by atoms with Gasteiger partial charge in [-0.2, -0.15) is 0 Å². The molecular weight excluding hydrogens is 378 g/mol. The molecule has 3 aromatic heterocycles. The van der Waals surface area contributed by atoms with E-state index in [1.165, 1.54) is 0 Å². The van der Waals surface area contributed by atoms with Crippen LogP contribution in [0.4, 0.5) is 0 Å². The van der Waals surface area contributed by atoms with Gasteiger partial charge in [-0.05, 0) is 56.2 Å². The summed E-state index contributed by atoms with van der Waals surface area (Å²) in [5.74, 6) is 1.06. The number of aromatic nitrogens is 4. The Hall–Kier alpha value is -3.09. The molecule has 1 aliphatic heterocycles. The standard InChI is InChI=1S/C23H27N5O2/c1-14(2)19-11-21(30-27-19)23(29)28-10-6-5-7-20(28)22-18(13-25-16(4)26-22)17-8-9-24-12-15(17)3/h8-9,11-14,20H,5-7,10H2,1-4H3/t20-/m1/s1. The van der Waals surface area contributed by atoms with E-state index in [9.17, 15) is 4.79 Å². The number of amides is 1. The van der Waals surface area contributed by atoms with Crippen LogP contribution >= 0.6 is 0 Å². The van der Waals surface area contributed by atoms with Gasteiger partial charge in [-0.3, -0.25) is 9.78 Å². The van der Waals surface area contributed by atoms with Crippen molar-refractivity contribution in [2.45, 2.75) is 58.9 Å². The van der Waals surface area contributed by atoms with Crippen molar-refractivity contribution in [2.24, 2.45) is 0 Å². The molecule has 0 spiro atoms. The van der Waals surface area contributed by atoms with E-state index in [1.54, 1.807) is 12.3 Å². The maximum absolute atomic E-state index is 13.4. The fraction of sp³-hybridized carbons (Fsp3) is 0.435. The molecule has 1 fully saturated rings. The topological polar surface area (TPSA) is 85.0 Å². The van der Waals surface area contributed by atoms with E-state index in [2.05, 4.69) is 15.1 Å². The molecule has 7 nitrogen and oxygen atoms in total. The van der Waals surface area contributed by atoms with Crippen LogP contribution in [0.2, 0.25) is 0 Å². The molecule has 1 saturated heterocycles. The molecule has 0 N–H and O–H groups in total. The summed E-state index contributed by atoms with van der Waals surface area (Å²) >= 11 is 0. The summed E-state index contributed by atoms with van der Waals surface area (Å²) in [5, 5.41) is 4.07. The van der Waals surface area contributed by atoms with E-state index < -0.39 is 0 Å². The third-order valence-corrected chi connectivity index (χ3v) is 5.66. The van der Waals surface area contributed by atoms with Gasteiger partial charge in [0.2, 0.25) is 5.76 Å². The minimum Gasteiger partial charge on any atom is -0.351 e. The SMILES string of the molecule is Cc1ncc(-c2ccncc2C)c([C@H]2CCCCN2C(=O)c2cc(C(C)C)no2)n1. The second kappa shape index (κ2) is 8.34. The highest BCUT2D eigenvalue weighted by Gasteiger charge is 2.33. The van der Waals surface area contributed by atoms with E-state index in [0.717, 1.165) is 47.3 Å². The zero-order valence-electron chi connectivity index (χ0n) is 17.9. The Kier molecular flexibility index (Phi) is 5.61. The minimum absolute atomic E-state index is 0.132. The van der Waals surface area contributed by atoms with E-state index in [4.69, 9.17) is 9.51 Å². The molecule has 0 unspecified atom stereocenters. The van der Waals surface area contributed by atoms with Crippen LogP contribution in [0.3, 0.4) is 0 Å². The number of rotatable bonds is 4. The van der Waals surface area contributed by atoms with Crippen molar-refractivity contribution < 1.29 is 9.32 Å². The predicted octanol–water partition coefficient (Wildman–Crippen LogP) is 4.63. The Morgan fingerprint density at radius 2 is 2.03 bits per heavy atom. The van der Waals surface area contributed by atoms with Gasteiger partial charge in [0.05, 0.1) is 17.4 Å². The number of hydrogen-bond acceptors (Lipinski definition) is 6. The van der Waals surface area contributed by atoms with Crippen LogP contribution in [0.15, 0.2) is 35.2 Å². The molecule has 0 aromatic carbocycles. The quantitative estimate of drug-likeness (QED) is 0.629. The average molecular weight is 406 g/mol. The fourth-order valence-corrected chi connectivity index (χ4v) is 3.99. The van der Waals surface area contributed by atoms with Crippen molar-refractivity contribution in [1.82, 2.24) is 25.0 Å². The summed E-state index contributed by atoms with van der Waals surface area (Å²) in [6, 6.07) is 3.61. The number of hydrogen-bond donors (Lipinski definition) is 0. The van der Waals surface area contributed by atoms with Crippen LogP contribution in [0.1, 0.15) is 78.4 Å². The van der Waals surface area contributed by atoms with Crippen molar-refractivity contribution in [3.05, 3.63) is 59.3 Å². The molecule has 4 rings (SSSR count). The summed E-state index contributed by atoms with van der Waals surface area (Å²) in [7, 11) is 0. The van der Waals surface area contributed by atoms with Crippen LogP contribution in [0.5, 0.6) is 0 Å². The van der Waals surface area contributed by atoms with Crippen LogP contribution < -0.4 is 0 Å². The van der Waals surface area contributed by atoms with Crippen LogP contribution in [0, 0.1) is 13.8 Å². The van der Waals surface area contributed by atoms with E-state index in [0.29, 0.717) is 12.4 Å². The Bertz CT molecular complexity index is 1060. The lowest BCUT2D eigenvalue weighted by Crippen LogP contribution is -2.39. The summed E-state index contributed by atoms with van der Waals surface area (Å²) in [6.45, 7) is 8.63. The molecule has 0 saturated carbocycles. The molecule has 1 amide bonds. The van der Waals surface area contributed by atoms with Crippen LogP contribution in [-0.4, -0.2) is 37.5 Å². The monoisotopic (exact) mass is 405 g/mol. The number of carbonyl (C=O) groups is 1. The third kappa shape index (κ3) is 3.84. The summed E-state index contributed by atoms with van der Waals surface area (Å²) < 4.78 is 5.40. The second-order valence-electron chi connectivity index (χ2n) is 8.19. The Labute approximate surface area is 176 Å². The normalized spacial score (nSPS) is 16.8. The molecule has 3 aromatic rings. The maximum Gasteiger partial charge on any atom is 0.293 e. The first-order chi connectivity index (χ1) is 14.5. The Morgan fingerprint density at radius 3 is 2.77 bits per heavy atom. The Morgan fingerprint density at radius 1 is 1.20 bits per heavy atom. The van der Waals surface area contributed by atoms with Gasteiger partial charge in [-0.15, -0.1) is 0 Å². The summed E-state index contributed by atoms with van der Waals surface area (Å²) in [6.07, 6.45) is 8.33. The molecule has 30 heavy (non-hydrogen) atoms. The molecule has 7 heteroatoms. The molecule has 156 valence electrons. The second-order valence-corrected chi connectivity index (χ2v) is 8.19. The lowest BCUT2D eigenvalue weighted by molar-refractivity contribution is 0.0564. The number of pyridine rings is 1. The van der Waals surface area contributed by atoms with Crippen molar-refractivity contribution in [3.8, 4) is 11.1 Å². The number of aryl methyl sites for hydroxylation is 2. The van der Waals surface area contributed by atoms with Crippen LogP contribution in [-0.2, 0) is 0 Å². The first kappa shape index (κ1) is 20.2. The van der Waals surface area contributed by atoms with E-state index in [1.807, 2.05) is 51.1 Å². The van der Waals surface area contributed by atoms with Gasteiger partial charge in [0.25, 0.3) is 5.91 Å². The van der Waals surface area contributed by atoms with Gasteiger partial charge in [0, 0.05) is 36.8 Å². The molecular formula is C23H27N5O2. The van der Waals surface area contributed by atoms with Gasteiger partial charge >= 0.3 is 0 Å². The molecule has 0 bridgehead atoms. The molecule has 1 atom stereocenters. The first-order valence-corrected chi connectivity index (χ1v) is 10.5. The van der Waals surface area contributed by atoms with Crippen LogP contribution in [0.25, 0.3) is 11.1 Å². The van der Waals surface area contributed by atoms with E-state index in [-0.39, 0.29) is 23.6 Å². The molecule has 0 aliphatic carbocycles. The number of likely N-dealkylation sites (tertiary alicyclic amines) is 1. The highest BCUT2D eigenvalue weighted by atomic mass is 16.5. The Balaban J connectivity index is 1.75. The highest BCUT2D eigenvalue weighted by molar-refractivity contribution is 5.92. The fourth-order valence-electron chi connectivity index (χ4n) is 3.99. The van der Waals surface area contributed by atoms with Gasteiger partial charge in [-0.1, -0.05) is 19.0 Å². The first-order valence-electron chi connectivity index (χ1n) is 10.5.